The number of rotatable bonds is 5. The Morgan fingerprint density at radius 3 is 2.64 bits per heavy atom. The van der Waals surface area contributed by atoms with Gasteiger partial charge >= 0.3 is 6.03 Å². The van der Waals surface area contributed by atoms with Crippen LogP contribution in [-0.4, -0.2) is 11.1 Å². The molecule has 3 N–H and O–H groups in total. The Hall–Kier alpha value is -2.63. The molecule has 0 aliphatic heterocycles. The number of hydrogen-bond donors (Lipinski definition) is 3. The van der Waals surface area contributed by atoms with Crippen LogP contribution in [-0.2, 0) is 6.54 Å². The molecule has 5 heteroatoms. The van der Waals surface area contributed by atoms with Crippen molar-refractivity contribution in [3.8, 4) is 0 Å². The minimum atomic E-state index is -0.638. The first kappa shape index (κ1) is 17.2. The smallest absolute Gasteiger partial charge is 0.319 e. The summed E-state index contributed by atoms with van der Waals surface area (Å²) in [4.78, 5) is 13.8. The Balaban J connectivity index is 1.56. The molecule has 2 amide bonds. The van der Waals surface area contributed by atoms with Crippen molar-refractivity contribution >= 4 is 23.1 Å². The van der Waals surface area contributed by atoms with Gasteiger partial charge in [0.1, 0.15) is 6.10 Å². The summed E-state index contributed by atoms with van der Waals surface area (Å²) in [6.45, 7) is 2.40. The molecule has 1 heterocycles. The van der Waals surface area contributed by atoms with Crippen LogP contribution in [0.5, 0.6) is 0 Å². The largest absolute Gasteiger partial charge is 0.383 e. The first-order chi connectivity index (χ1) is 12.1. The SMILES string of the molecule is Cc1cccc(NC(=O)NCc2ccc(C(O)c3ccccc3)s2)c1. The number of hydrogen-bond acceptors (Lipinski definition) is 3. The van der Waals surface area contributed by atoms with Gasteiger partial charge in [0.25, 0.3) is 0 Å². The fourth-order valence-corrected chi connectivity index (χ4v) is 3.47. The molecule has 0 aliphatic rings. The Morgan fingerprint density at radius 2 is 1.88 bits per heavy atom. The quantitative estimate of drug-likeness (QED) is 0.635. The van der Waals surface area contributed by atoms with Crippen molar-refractivity contribution in [3.63, 3.8) is 0 Å². The van der Waals surface area contributed by atoms with Crippen LogP contribution in [0.2, 0.25) is 0 Å². The molecule has 2 aromatic carbocycles. The molecule has 0 fully saturated rings. The van der Waals surface area contributed by atoms with E-state index in [1.165, 1.54) is 11.3 Å². The molecule has 3 rings (SSSR count). The van der Waals surface area contributed by atoms with Gasteiger partial charge in [0.15, 0.2) is 0 Å². The number of aryl methyl sites for hydroxylation is 1. The van der Waals surface area contributed by atoms with Crippen LogP contribution in [0, 0.1) is 6.92 Å². The standard InChI is InChI=1S/C20H20N2O2S/c1-14-6-5-9-16(12-14)22-20(24)21-13-17-10-11-18(25-17)19(23)15-7-3-2-4-8-15/h2-12,19,23H,13H2,1H3,(H2,21,22,24). The van der Waals surface area contributed by atoms with Crippen LogP contribution in [0.3, 0.4) is 0 Å². The van der Waals surface area contributed by atoms with Crippen molar-refractivity contribution in [1.82, 2.24) is 5.32 Å². The first-order valence-electron chi connectivity index (χ1n) is 8.05. The molecule has 1 atom stereocenters. The number of anilines is 1. The molecular formula is C20H20N2O2S. The number of nitrogens with one attached hydrogen (secondary N) is 2. The summed E-state index contributed by atoms with van der Waals surface area (Å²) in [6, 6.07) is 20.8. The maximum Gasteiger partial charge on any atom is 0.319 e. The molecule has 0 bridgehead atoms. The second-order valence-corrected chi connectivity index (χ2v) is 6.99. The first-order valence-corrected chi connectivity index (χ1v) is 8.86. The lowest BCUT2D eigenvalue weighted by Crippen LogP contribution is -2.27. The van der Waals surface area contributed by atoms with Gasteiger partial charge < -0.3 is 15.7 Å². The van der Waals surface area contributed by atoms with Crippen molar-refractivity contribution in [2.45, 2.75) is 19.6 Å². The summed E-state index contributed by atoms with van der Waals surface area (Å²) in [5, 5.41) is 16.1. The third-order valence-corrected chi connectivity index (χ3v) is 4.90. The fraction of sp³-hybridized carbons (Fsp3) is 0.150. The zero-order chi connectivity index (χ0) is 17.6. The van der Waals surface area contributed by atoms with Crippen molar-refractivity contribution in [2.75, 3.05) is 5.32 Å². The predicted molar refractivity (Wildman–Crippen MR) is 102 cm³/mol. The van der Waals surface area contributed by atoms with E-state index in [0.717, 1.165) is 26.6 Å². The van der Waals surface area contributed by atoms with E-state index in [1.54, 1.807) is 0 Å². The van der Waals surface area contributed by atoms with Crippen LogP contribution in [0.15, 0.2) is 66.7 Å². The van der Waals surface area contributed by atoms with Gasteiger partial charge in [0.2, 0.25) is 0 Å². The minimum Gasteiger partial charge on any atom is -0.383 e. The van der Waals surface area contributed by atoms with Gasteiger partial charge in [-0.3, -0.25) is 0 Å². The van der Waals surface area contributed by atoms with Crippen molar-refractivity contribution in [1.29, 1.82) is 0 Å². The molecule has 0 saturated heterocycles. The molecule has 25 heavy (non-hydrogen) atoms. The summed E-state index contributed by atoms with van der Waals surface area (Å²) in [7, 11) is 0. The van der Waals surface area contributed by atoms with Gasteiger partial charge in [-0.05, 0) is 42.3 Å². The number of benzene rings is 2. The number of carbonyl (C=O) groups is 1. The second-order valence-electron chi connectivity index (χ2n) is 5.79. The van der Waals surface area contributed by atoms with Gasteiger partial charge in [0, 0.05) is 15.4 Å². The highest BCUT2D eigenvalue weighted by atomic mass is 32.1. The molecule has 4 nitrogen and oxygen atoms in total. The monoisotopic (exact) mass is 352 g/mol. The Bertz CT molecular complexity index is 846. The molecule has 128 valence electrons. The van der Waals surface area contributed by atoms with Crippen molar-refractivity contribution in [2.24, 2.45) is 0 Å². The molecule has 0 spiro atoms. The van der Waals surface area contributed by atoms with Gasteiger partial charge in [-0.15, -0.1) is 11.3 Å². The van der Waals surface area contributed by atoms with E-state index in [2.05, 4.69) is 10.6 Å². The molecular weight excluding hydrogens is 332 g/mol. The van der Waals surface area contributed by atoms with Crippen molar-refractivity contribution < 1.29 is 9.90 Å². The summed E-state index contributed by atoms with van der Waals surface area (Å²) in [6.07, 6.45) is -0.638. The Labute approximate surface area is 151 Å². The summed E-state index contributed by atoms with van der Waals surface area (Å²) in [5.74, 6) is 0. The predicted octanol–water partition coefficient (Wildman–Crippen LogP) is 4.46. The van der Waals surface area contributed by atoms with Crippen LogP contribution in [0.4, 0.5) is 10.5 Å². The zero-order valence-electron chi connectivity index (χ0n) is 13.9. The lowest BCUT2D eigenvalue weighted by Gasteiger charge is -2.08. The molecule has 1 aromatic heterocycles. The molecule has 0 aliphatic carbocycles. The van der Waals surface area contributed by atoms with E-state index in [-0.39, 0.29) is 6.03 Å². The number of amides is 2. The van der Waals surface area contributed by atoms with E-state index in [4.69, 9.17) is 0 Å². The van der Waals surface area contributed by atoms with Gasteiger partial charge in [0.05, 0.1) is 6.54 Å². The average molecular weight is 352 g/mol. The highest BCUT2D eigenvalue weighted by Gasteiger charge is 2.13. The fourth-order valence-electron chi connectivity index (χ4n) is 2.50. The molecule has 0 saturated carbocycles. The van der Waals surface area contributed by atoms with E-state index >= 15 is 0 Å². The highest BCUT2D eigenvalue weighted by Crippen LogP contribution is 2.28. The third kappa shape index (κ3) is 4.68. The lowest BCUT2D eigenvalue weighted by molar-refractivity contribution is 0.224. The maximum absolute atomic E-state index is 12.0. The van der Waals surface area contributed by atoms with Gasteiger partial charge in [-0.2, -0.15) is 0 Å². The maximum atomic E-state index is 12.0. The summed E-state index contributed by atoms with van der Waals surface area (Å²) >= 11 is 1.49. The number of carbonyl (C=O) groups excluding carboxylic acids is 1. The van der Waals surface area contributed by atoms with Crippen LogP contribution < -0.4 is 10.6 Å². The number of aliphatic hydroxyl groups is 1. The number of urea groups is 1. The molecule has 0 radical (unpaired) electrons. The number of aliphatic hydroxyl groups excluding tert-OH is 1. The van der Waals surface area contributed by atoms with Crippen LogP contribution >= 0.6 is 11.3 Å². The summed E-state index contributed by atoms with van der Waals surface area (Å²) in [5.41, 5.74) is 2.72. The lowest BCUT2D eigenvalue weighted by atomic mass is 10.1. The van der Waals surface area contributed by atoms with E-state index in [9.17, 15) is 9.90 Å². The number of thiophene rings is 1. The van der Waals surface area contributed by atoms with Gasteiger partial charge in [-0.25, -0.2) is 4.79 Å². The van der Waals surface area contributed by atoms with E-state index < -0.39 is 6.10 Å². The topological polar surface area (TPSA) is 61.4 Å². The normalized spacial score (nSPS) is 11.8. The van der Waals surface area contributed by atoms with Crippen LogP contribution in [0.1, 0.15) is 27.0 Å². The highest BCUT2D eigenvalue weighted by molar-refractivity contribution is 7.12. The average Bonchev–Trinajstić information content (AvgIpc) is 3.09. The minimum absolute atomic E-state index is 0.246. The Morgan fingerprint density at radius 1 is 1.08 bits per heavy atom. The zero-order valence-corrected chi connectivity index (χ0v) is 14.7. The second kappa shape index (κ2) is 7.96. The molecule has 1 unspecified atom stereocenters. The Kier molecular flexibility index (Phi) is 5.48. The van der Waals surface area contributed by atoms with Gasteiger partial charge in [-0.1, -0.05) is 42.5 Å². The van der Waals surface area contributed by atoms with Crippen LogP contribution in [0.25, 0.3) is 0 Å². The van der Waals surface area contributed by atoms with Crippen molar-refractivity contribution in [3.05, 3.63) is 87.6 Å². The van der Waals surface area contributed by atoms with E-state index in [1.807, 2.05) is 73.7 Å². The van der Waals surface area contributed by atoms with E-state index in [0.29, 0.717) is 6.54 Å². The third-order valence-electron chi connectivity index (χ3n) is 3.77. The summed E-state index contributed by atoms with van der Waals surface area (Å²) < 4.78 is 0. The molecule has 3 aromatic rings.